The van der Waals surface area contributed by atoms with Gasteiger partial charge in [-0.15, -0.1) is 0 Å². The van der Waals surface area contributed by atoms with E-state index in [-0.39, 0.29) is 11.8 Å². The number of para-hydroxylation sites is 1. The number of aryl methyl sites for hydroxylation is 1. The smallest absolute Gasteiger partial charge is 0.264 e. The topological polar surface area (TPSA) is 57.7 Å². The molecule has 0 aromatic heterocycles. The lowest BCUT2D eigenvalue weighted by Gasteiger charge is -2.35. The highest BCUT2D eigenvalue weighted by molar-refractivity contribution is 7.92. The molecule has 2 heterocycles. The van der Waals surface area contributed by atoms with E-state index in [1.54, 1.807) is 12.1 Å². The molecule has 6 heteroatoms. The van der Waals surface area contributed by atoms with Gasteiger partial charge in [0.15, 0.2) is 0 Å². The minimum Gasteiger partial charge on any atom is -0.312 e. The van der Waals surface area contributed by atoms with Crippen molar-refractivity contribution in [2.45, 2.75) is 43.4 Å². The van der Waals surface area contributed by atoms with Gasteiger partial charge in [-0.25, -0.2) is 8.42 Å². The van der Waals surface area contributed by atoms with Crippen LogP contribution in [-0.2, 0) is 27.7 Å². The molecule has 0 saturated heterocycles. The van der Waals surface area contributed by atoms with E-state index in [0.29, 0.717) is 11.4 Å². The summed E-state index contributed by atoms with van der Waals surface area (Å²) in [5.74, 6) is 0.353. The van der Waals surface area contributed by atoms with Gasteiger partial charge in [0, 0.05) is 24.7 Å². The largest absolute Gasteiger partial charge is 0.312 e. The third-order valence-electron chi connectivity index (χ3n) is 6.32. The molecule has 0 bridgehead atoms. The molecule has 2 aromatic rings. The van der Waals surface area contributed by atoms with Gasteiger partial charge in [0.2, 0.25) is 5.91 Å². The van der Waals surface area contributed by atoms with E-state index in [2.05, 4.69) is 0 Å². The molecule has 28 heavy (non-hydrogen) atoms. The minimum atomic E-state index is -3.60. The van der Waals surface area contributed by atoms with Gasteiger partial charge < -0.3 is 4.90 Å². The van der Waals surface area contributed by atoms with Crippen molar-refractivity contribution >= 4 is 27.3 Å². The molecule has 2 aliphatic heterocycles. The van der Waals surface area contributed by atoms with Crippen molar-refractivity contribution in [3.05, 3.63) is 53.6 Å². The van der Waals surface area contributed by atoms with Crippen LogP contribution < -0.4 is 9.21 Å². The summed E-state index contributed by atoms with van der Waals surface area (Å²) in [6.45, 7) is 1.21. The first-order valence-corrected chi connectivity index (χ1v) is 11.5. The average molecular weight is 397 g/mol. The Bertz CT molecular complexity index is 1040. The summed E-state index contributed by atoms with van der Waals surface area (Å²) in [5.41, 5.74) is 3.71. The van der Waals surface area contributed by atoms with Gasteiger partial charge in [0.05, 0.1) is 10.6 Å². The van der Waals surface area contributed by atoms with E-state index in [1.165, 1.54) is 4.31 Å². The van der Waals surface area contributed by atoms with Crippen LogP contribution in [0.3, 0.4) is 0 Å². The number of nitrogens with zero attached hydrogens (tertiary/aromatic N) is 2. The first-order chi connectivity index (χ1) is 13.6. The second-order valence-corrected chi connectivity index (χ2v) is 9.83. The zero-order valence-electron chi connectivity index (χ0n) is 15.8. The van der Waals surface area contributed by atoms with Crippen molar-refractivity contribution in [2.24, 2.45) is 5.92 Å². The van der Waals surface area contributed by atoms with Crippen LogP contribution in [0.15, 0.2) is 47.4 Å². The number of hydrogen-bond acceptors (Lipinski definition) is 3. The lowest BCUT2D eigenvalue weighted by Crippen LogP contribution is -2.41. The lowest BCUT2D eigenvalue weighted by atomic mass is 9.83. The predicted octanol–water partition coefficient (Wildman–Crippen LogP) is 3.52. The Morgan fingerprint density at radius 1 is 0.893 bits per heavy atom. The van der Waals surface area contributed by atoms with Gasteiger partial charge >= 0.3 is 0 Å². The molecule has 1 fully saturated rings. The maximum Gasteiger partial charge on any atom is 0.264 e. The highest BCUT2D eigenvalue weighted by Gasteiger charge is 2.34. The number of carbonyl (C=O) groups excluding carboxylic acids is 1. The molecule has 0 radical (unpaired) electrons. The number of rotatable bonds is 3. The second kappa shape index (κ2) is 6.62. The minimum absolute atomic E-state index is 0.149. The zero-order chi connectivity index (χ0) is 19.3. The number of anilines is 2. The molecule has 1 amide bonds. The fourth-order valence-electron chi connectivity index (χ4n) is 4.52. The monoisotopic (exact) mass is 396 g/mol. The molecule has 3 aliphatic rings. The van der Waals surface area contributed by atoms with E-state index >= 15 is 0 Å². The number of fused-ring (bicyclic) bond motifs is 2. The predicted molar refractivity (Wildman–Crippen MR) is 109 cm³/mol. The van der Waals surface area contributed by atoms with Gasteiger partial charge in [-0.2, -0.15) is 0 Å². The van der Waals surface area contributed by atoms with Crippen molar-refractivity contribution in [3.63, 3.8) is 0 Å². The first-order valence-electron chi connectivity index (χ1n) is 10.1. The van der Waals surface area contributed by atoms with Gasteiger partial charge in [-0.1, -0.05) is 24.6 Å². The number of benzene rings is 2. The third kappa shape index (κ3) is 2.73. The highest BCUT2D eigenvalue weighted by atomic mass is 32.2. The Labute approximate surface area is 166 Å². The maximum absolute atomic E-state index is 13.3. The summed E-state index contributed by atoms with van der Waals surface area (Å²) in [6.07, 6.45) is 5.51. The second-order valence-electron chi connectivity index (χ2n) is 7.97. The van der Waals surface area contributed by atoms with E-state index in [0.717, 1.165) is 67.6 Å². The van der Waals surface area contributed by atoms with E-state index in [4.69, 9.17) is 0 Å². The summed E-state index contributed by atoms with van der Waals surface area (Å²) in [5, 5.41) is 0. The Hall–Kier alpha value is -2.34. The fraction of sp³-hybridized carbons (Fsp3) is 0.409. The molecular formula is C22H24N2O3S. The molecule has 2 aromatic carbocycles. The van der Waals surface area contributed by atoms with Crippen LogP contribution in [0.25, 0.3) is 0 Å². The Kier molecular flexibility index (Phi) is 4.19. The number of carbonyl (C=O) groups is 1. The van der Waals surface area contributed by atoms with Crippen LogP contribution in [0, 0.1) is 5.92 Å². The Morgan fingerprint density at radius 3 is 2.50 bits per heavy atom. The molecule has 146 valence electrons. The van der Waals surface area contributed by atoms with Gasteiger partial charge in [0.1, 0.15) is 0 Å². The first kappa shape index (κ1) is 17.7. The molecule has 1 aliphatic carbocycles. The van der Waals surface area contributed by atoms with Crippen LogP contribution in [0.2, 0.25) is 0 Å². The van der Waals surface area contributed by atoms with Gasteiger partial charge in [-0.3, -0.25) is 9.10 Å². The molecule has 0 unspecified atom stereocenters. The van der Waals surface area contributed by atoms with Crippen LogP contribution in [0.4, 0.5) is 11.4 Å². The van der Waals surface area contributed by atoms with Crippen LogP contribution in [0.1, 0.15) is 36.8 Å². The number of sulfonamides is 1. The third-order valence-corrected chi connectivity index (χ3v) is 8.13. The summed E-state index contributed by atoms with van der Waals surface area (Å²) < 4.78 is 28.1. The van der Waals surface area contributed by atoms with Crippen molar-refractivity contribution in [1.82, 2.24) is 0 Å². The standard InChI is InChI=1S/C22H24N2O3S/c25-22(17-6-3-7-17)23-13-4-8-18-15-19(10-11-20(18)23)28(26,27)24-14-12-16-5-1-2-9-21(16)24/h1-2,5,9-11,15,17H,3-4,6-8,12-14H2. The van der Waals surface area contributed by atoms with Crippen molar-refractivity contribution < 1.29 is 13.2 Å². The molecular weight excluding hydrogens is 372 g/mol. The van der Waals surface area contributed by atoms with Crippen molar-refractivity contribution in [3.8, 4) is 0 Å². The normalized spacial score (nSPS) is 19.1. The summed E-state index contributed by atoms with van der Waals surface area (Å²) in [7, 11) is -3.60. The van der Waals surface area contributed by atoms with E-state index in [1.807, 2.05) is 35.2 Å². The van der Waals surface area contributed by atoms with E-state index in [9.17, 15) is 13.2 Å². The molecule has 0 N–H and O–H groups in total. The van der Waals surface area contributed by atoms with E-state index < -0.39 is 10.0 Å². The fourth-order valence-corrected chi connectivity index (χ4v) is 6.08. The molecule has 5 rings (SSSR count). The molecule has 0 spiro atoms. The maximum atomic E-state index is 13.3. The summed E-state index contributed by atoms with van der Waals surface area (Å²) in [6, 6.07) is 13.0. The van der Waals surface area contributed by atoms with Crippen molar-refractivity contribution in [2.75, 3.05) is 22.3 Å². The van der Waals surface area contributed by atoms with Crippen molar-refractivity contribution in [1.29, 1.82) is 0 Å². The Balaban J connectivity index is 1.48. The number of hydrogen-bond donors (Lipinski definition) is 0. The Morgan fingerprint density at radius 2 is 1.71 bits per heavy atom. The SMILES string of the molecule is O=C(C1CCC1)N1CCCc2cc(S(=O)(=O)N3CCc4ccccc43)ccc21. The zero-order valence-corrected chi connectivity index (χ0v) is 16.6. The summed E-state index contributed by atoms with van der Waals surface area (Å²) >= 11 is 0. The highest BCUT2D eigenvalue weighted by Crippen LogP contribution is 2.37. The number of amides is 1. The van der Waals surface area contributed by atoms with Crippen LogP contribution >= 0.6 is 0 Å². The van der Waals surface area contributed by atoms with Crippen LogP contribution in [0.5, 0.6) is 0 Å². The van der Waals surface area contributed by atoms with Crippen LogP contribution in [-0.4, -0.2) is 27.4 Å². The quantitative estimate of drug-likeness (QED) is 0.798. The van der Waals surface area contributed by atoms with Gasteiger partial charge in [0.25, 0.3) is 10.0 Å². The van der Waals surface area contributed by atoms with Gasteiger partial charge in [-0.05, 0) is 67.5 Å². The average Bonchev–Trinajstić information content (AvgIpc) is 3.10. The lowest BCUT2D eigenvalue weighted by molar-refractivity contribution is -0.124. The summed E-state index contributed by atoms with van der Waals surface area (Å²) in [4.78, 5) is 15.0. The molecule has 5 nitrogen and oxygen atoms in total. The molecule has 1 saturated carbocycles. The molecule has 0 atom stereocenters.